The molecular weight excluding hydrogens is 224 g/mol. The van der Waals surface area contributed by atoms with E-state index in [1.165, 1.54) is 0 Å². The van der Waals surface area contributed by atoms with Crippen molar-refractivity contribution < 1.29 is 4.79 Å². The lowest BCUT2D eigenvalue weighted by molar-refractivity contribution is 0.0953. The zero-order valence-corrected chi connectivity index (χ0v) is 10.6. The Morgan fingerprint density at radius 3 is 2.94 bits per heavy atom. The number of nitrogens with zero attached hydrogens (tertiary/aromatic N) is 1. The summed E-state index contributed by atoms with van der Waals surface area (Å²) >= 11 is 0. The molecule has 0 saturated carbocycles. The number of benzene rings is 1. The monoisotopic (exact) mass is 242 g/mol. The van der Waals surface area contributed by atoms with Crippen molar-refractivity contribution in [3.63, 3.8) is 0 Å². The Bertz CT molecular complexity index is 537. The molecule has 1 aromatic heterocycles. The van der Waals surface area contributed by atoms with E-state index in [9.17, 15) is 4.79 Å². The van der Waals surface area contributed by atoms with Crippen molar-refractivity contribution in [2.45, 2.75) is 26.2 Å². The van der Waals surface area contributed by atoms with E-state index in [2.05, 4.69) is 17.2 Å². The molecule has 1 aromatic carbocycles. The highest BCUT2D eigenvalue weighted by Crippen LogP contribution is 2.12. The Balaban J connectivity index is 2.04. The van der Waals surface area contributed by atoms with Crippen molar-refractivity contribution in [1.82, 2.24) is 10.3 Å². The van der Waals surface area contributed by atoms with Crippen LogP contribution in [0.25, 0.3) is 10.9 Å². The zero-order chi connectivity index (χ0) is 12.8. The minimum absolute atomic E-state index is 0.0376. The van der Waals surface area contributed by atoms with Crippen LogP contribution in [0.3, 0.4) is 0 Å². The fourth-order valence-corrected chi connectivity index (χ4v) is 1.87. The fourth-order valence-electron chi connectivity index (χ4n) is 1.87. The number of carbonyl (C=O) groups is 1. The molecule has 1 N–H and O–H groups in total. The molecule has 3 heteroatoms. The van der Waals surface area contributed by atoms with Gasteiger partial charge in [-0.2, -0.15) is 0 Å². The summed E-state index contributed by atoms with van der Waals surface area (Å²) in [4.78, 5) is 16.2. The summed E-state index contributed by atoms with van der Waals surface area (Å²) in [6, 6.07) is 9.69. The van der Waals surface area contributed by atoms with E-state index < -0.39 is 0 Å². The number of hydrogen-bond acceptors (Lipinski definition) is 2. The lowest BCUT2D eigenvalue weighted by Crippen LogP contribution is -2.24. The average molecular weight is 242 g/mol. The quantitative estimate of drug-likeness (QED) is 0.818. The summed E-state index contributed by atoms with van der Waals surface area (Å²) in [5.74, 6) is -0.0376. The molecule has 0 fully saturated rings. The average Bonchev–Trinajstić information content (AvgIpc) is 2.43. The minimum atomic E-state index is -0.0376. The third-order valence-corrected chi connectivity index (χ3v) is 2.92. The second kappa shape index (κ2) is 6.15. The number of nitrogens with one attached hydrogen (secondary N) is 1. The third-order valence-electron chi connectivity index (χ3n) is 2.92. The van der Waals surface area contributed by atoms with Crippen molar-refractivity contribution in [3.05, 3.63) is 42.1 Å². The molecule has 0 aliphatic heterocycles. The van der Waals surface area contributed by atoms with Crippen LogP contribution in [-0.2, 0) is 0 Å². The number of aromatic nitrogens is 1. The molecule has 0 spiro atoms. The summed E-state index contributed by atoms with van der Waals surface area (Å²) < 4.78 is 0. The van der Waals surface area contributed by atoms with Crippen molar-refractivity contribution >= 4 is 16.8 Å². The van der Waals surface area contributed by atoms with Crippen LogP contribution < -0.4 is 5.32 Å². The Morgan fingerprint density at radius 1 is 1.28 bits per heavy atom. The number of pyridine rings is 1. The Hall–Kier alpha value is -1.90. The van der Waals surface area contributed by atoms with Gasteiger partial charge in [0.15, 0.2) is 0 Å². The molecule has 1 heterocycles. The van der Waals surface area contributed by atoms with Gasteiger partial charge < -0.3 is 5.32 Å². The highest BCUT2D eigenvalue weighted by atomic mass is 16.1. The Kier molecular flexibility index (Phi) is 4.29. The van der Waals surface area contributed by atoms with Gasteiger partial charge in [-0.25, -0.2) is 0 Å². The molecule has 2 aromatic rings. The molecular formula is C15H18N2O. The van der Waals surface area contributed by atoms with E-state index in [-0.39, 0.29) is 5.91 Å². The van der Waals surface area contributed by atoms with Crippen molar-refractivity contribution in [1.29, 1.82) is 0 Å². The molecule has 0 atom stereocenters. The van der Waals surface area contributed by atoms with Crippen LogP contribution >= 0.6 is 0 Å². The van der Waals surface area contributed by atoms with Crippen LogP contribution in [0, 0.1) is 0 Å². The van der Waals surface area contributed by atoms with Crippen LogP contribution in [0.15, 0.2) is 36.5 Å². The molecule has 2 rings (SSSR count). The predicted octanol–water partition coefficient (Wildman–Crippen LogP) is 3.15. The molecule has 1 amide bonds. The summed E-state index contributed by atoms with van der Waals surface area (Å²) in [5, 5.41) is 3.92. The van der Waals surface area contributed by atoms with Gasteiger partial charge in [0.1, 0.15) is 0 Å². The molecule has 94 valence electrons. The topological polar surface area (TPSA) is 42.0 Å². The van der Waals surface area contributed by atoms with Gasteiger partial charge in [0.05, 0.1) is 11.1 Å². The molecule has 0 aliphatic rings. The van der Waals surface area contributed by atoms with Crippen LogP contribution in [-0.4, -0.2) is 17.4 Å². The standard InChI is InChI=1S/C15H18N2O/c1-2-3-6-9-16-15(18)13-10-12-7-4-5-8-14(12)17-11-13/h4-5,7-8,10-11H,2-3,6,9H2,1H3,(H,16,18). The molecule has 0 aliphatic carbocycles. The number of carbonyl (C=O) groups excluding carboxylic acids is 1. The van der Waals surface area contributed by atoms with E-state index in [1.54, 1.807) is 6.20 Å². The van der Waals surface area contributed by atoms with E-state index >= 15 is 0 Å². The van der Waals surface area contributed by atoms with Crippen LogP contribution in [0.2, 0.25) is 0 Å². The first-order valence-corrected chi connectivity index (χ1v) is 6.44. The molecule has 0 bridgehead atoms. The molecule has 0 unspecified atom stereocenters. The van der Waals surface area contributed by atoms with Crippen molar-refractivity contribution in [3.8, 4) is 0 Å². The smallest absolute Gasteiger partial charge is 0.252 e. The van der Waals surface area contributed by atoms with Gasteiger partial charge in [0, 0.05) is 18.1 Å². The van der Waals surface area contributed by atoms with Crippen LogP contribution in [0.1, 0.15) is 36.5 Å². The number of amides is 1. The van der Waals surface area contributed by atoms with Crippen molar-refractivity contribution in [2.75, 3.05) is 6.54 Å². The van der Waals surface area contributed by atoms with Crippen molar-refractivity contribution in [2.24, 2.45) is 0 Å². The fraction of sp³-hybridized carbons (Fsp3) is 0.333. The summed E-state index contributed by atoms with van der Waals surface area (Å²) in [6.07, 6.45) is 4.98. The maximum atomic E-state index is 11.9. The second-order valence-corrected chi connectivity index (χ2v) is 4.38. The first-order chi connectivity index (χ1) is 8.81. The summed E-state index contributed by atoms with van der Waals surface area (Å²) in [7, 11) is 0. The first kappa shape index (κ1) is 12.6. The Morgan fingerprint density at radius 2 is 2.11 bits per heavy atom. The lowest BCUT2D eigenvalue weighted by atomic mass is 10.1. The highest BCUT2D eigenvalue weighted by Gasteiger charge is 2.05. The predicted molar refractivity (Wildman–Crippen MR) is 73.6 cm³/mol. The number of fused-ring (bicyclic) bond motifs is 1. The summed E-state index contributed by atoms with van der Waals surface area (Å²) in [6.45, 7) is 2.88. The summed E-state index contributed by atoms with van der Waals surface area (Å²) in [5.41, 5.74) is 1.55. The molecule has 3 nitrogen and oxygen atoms in total. The van der Waals surface area contributed by atoms with Gasteiger partial charge in [-0.3, -0.25) is 9.78 Å². The van der Waals surface area contributed by atoms with Gasteiger partial charge in [-0.1, -0.05) is 38.0 Å². The van der Waals surface area contributed by atoms with Gasteiger partial charge in [0.2, 0.25) is 0 Å². The number of para-hydroxylation sites is 1. The zero-order valence-electron chi connectivity index (χ0n) is 10.6. The van der Waals surface area contributed by atoms with E-state index in [4.69, 9.17) is 0 Å². The minimum Gasteiger partial charge on any atom is -0.352 e. The molecule has 0 saturated heterocycles. The normalized spacial score (nSPS) is 10.5. The SMILES string of the molecule is CCCCCNC(=O)c1cnc2ccccc2c1. The van der Waals surface area contributed by atoms with Gasteiger partial charge in [-0.05, 0) is 18.6 Å². The maximum absolute atomic E-state index is 11.9. The maximum Gasteiger partial charge on any atom is 0.252 e. The molecule has 18 heavy (non-hydrogen) atoms. The second-order valence-electron chi connectivity index (χ2n) is 4.38. The van der Waals surface area contributed by atoms with E-state index in [0.29, 0.717) is 5.56 Å². The lowest BCUT2D eigenvalue weighted by Gasteiger charge is -2.05. The van der Waals surface area contributed by atoms with E-state index in [1.807, 2.05) is 30.3 Å². The van der Waals surface area contributed by atoms with Crippen LogP contribution in [0.4, 0.5) is 0 Å². The Labute approximate surface area is 107 Å². The number of rotatable bonds is 5. The first-order valence-electron chi connectivity index (χ1n) is 6.44. The highest BCUT2D eigenvalue weighted by molar-refractivity contribution is 5.97. The third kappa shape index (κ3) is 3.06. The number of unbranched alkanes of at least 4 members (excludes halogenated alkanes) is 2. The van der Waals surface area contributed by atoms with Gasteiger partial charge in [0.25, 0.3) is 5.91 Å². The van der Waals surface area contributed by atoms with Gasteiger partial charge >= 0.3 is 0 Å². The van der Waals surface area contributed by atoms with E-state index in [0.717, 1.165) is 36.7 Å². The van der Waals surface area contributed by atoms with Gasteiger partial charge in [-0.15, -0.1) is 0 Å². The largest absolute Gasteiger partial charge is 0.352 e. The number of hydrogen-bond donors (Lipinski definition) is 1. The van der Waals surface area contributed by atoms with Crippen LogP contribution in [0.5, 0.6) is 0 Å². The molecule has 0 radical (unpaired) electrons.